The molecular weight excluding hydrogens is 378 g/mol. The van der Waals surface area contributed by atoms with E-state index in [1.54, 1.807) is 18.3 Å². The number of amides is 1. The van der Waals surface area contributed by atoms with Crippen molar-refractivity contribution in [1.82, 2.24) is 4.98 Å². The SMILES string of the molecule is C[C@@H](Sc1nc2ccccc2s1)C(=O)Nc1ccc(S(N)(=O)=O)cc1. The molecule has 6 nitrogen and oxygen atoms in total. The fourth-order valence-corrected chi connectivity index (χ4v) is 4.80. The molecule has 9 heteroatoms. The number of thiazole rings is 1. The third-order valence-electron chi connectivity index (χ3n) is 3.37. The number of nitrogens with zero attached hydrogens (tertiary/aromatic N) is 1. The van der Waals surface area contributed by atoms with Gasteiger partial charge in [-0.15, -0.1) is 11.3 Å². The van der Waals surface area contributed by atoms with Gasteiger partial charge in [-0.1, -0.05) is 23.9 Å². The molecule has 2 aromatic carbocycles. The quantitative estimate of drug-likeness (QED) is 0.649. The van der Waals surface area contributed by atoms with Gasteiger partial charge in [-0.3, -0.25) is 4.79 Å². The Morgan fingerprint density at radius 1 is 1.20 bits per heavy atom. The van der Waals surface area contributed by atoms with E-state index in [9.17, 15) is 13.2 Å². The second-order valence-corrected chi connectivity index (χ2v) is 9.45. The minimum absolute atomic E-state index is 0.00222. The van der Waals surface area contributed by atoms with Crippen molar-refractivity contribution in [3.8, 4) is 0 Å². The lowest BCUT2D eigenvalue weighted by Crippen LogP contribution is -2.22. The first-order valence-electron chi connectivity index (χ1n) is 7.29. The minimum Gasteiger partial charge on any atom is -0.325 e. The number of hydrogen-bond acceptors (Lipinski definition) is 6. The van der Waals surface area contributed by atoms with E-state index in [4.69, 9.17) is 5.14 Å². The molecule has 0 aliphatic carbocycles. The third kappa shape index (κ3) is 4.37. The van der Waals surface area contributed by atoms with Gasteiger partial charge in [0.05, 0.1) is 20.4 Å². The van der Waals surface area contributed by atoms with E-state index in [1.807, 2.05) is 24.3 Å². The topological polar surface area (TPSA) is 102 Å². The van der Waals surface area contributed by atoms with Gasteiger partial charge in [-0.2, -0.15) is 0 Å². The first-order chi connectivity index (χ1) is 11.8. The summed E-state index contributed by atoms with van der Waals surface area (Å²) in [4.78, 5) is 16.8. The van der Waals surface area contributed by atoms with E-state index in [0.29, 0.717) is 5.69 Å². The molecule has 3 rings (SSSR count). The van der Waals surface area contributed by atoms with Gasteiger partial charge in [0.25, 0.3) is 0 Å². The number of nitrogens with two attached hydrogens (primary N) is 1. The van der Waals surface area contributed by atoms with E-state index in [0.717, 1.165) is 14.6 Å². The fraction of sp³-hybridized carbons (Fsp3) is 0.125. The molecule has 1 aromatic heterocycles. The number of aromatic nitrogens is 1. The lowest BCUT2D eigenvalue weighted by molar-refractivity contribution is -0.115. The van der Waals surface area contributed by atoms with Gasteiger partial charge in [-0.25, -0.2) is 18.5 Å². The van der Waals surface area contributed by atoms with Crippen LogP contribution in [0.25, 0.3) is 10.2 Å². The number of fused-ring (bicyclic) bond motifs is 1. The first kappa shape index (κ1) is 17.9. The summed E-state index contributed by atoms with van der Waals surface area (Å²) < 4.78 is 24.4. The Balaban J connectivity index is 1.66. The molecule has 0 aliphatic rings. The Labute approximate surface area is 153 Å². The number of carbonyl (C=O) groups is 1. The van der Waals surface area contributed by atoms with Crippen LogP contribution in [0.15, 0.2) is 57.8 Å². The number of para-hydroxylation sites is 1. The normalized spacial score (nSPS) is 12.9. The van der Waals surface area contributed by atoms with Crippen LogP contribution < -0.4 is 10.5 Å². The molecule has 0 unspecified atom stereocenters. The summed E-state index contributed by atoms with van der Waals surface area (Å²) in [5, 5.41) is 7.46. The number of rotatable bonds is 5. The Kier molecular flexibility index (Phi) is 5.09. The summed E-state index contributed by atoms with van der Waals surface area (Å²) in [7, 11) is -3.74. The van der Waals surface area contributed by atoms with Crippen LogP contribution >= 0.6 is 23.1 Å². The second kappa shape index (κ2) is 7.12. The number of nitrogens with one attached hydrogen (secondary N) is 1. The van der Waals surface area contributed by atoms with Crippen LogP contribution in [0.5, 0.6) is 0 Å². The molecule has 0 saturated heterocycles. The number of carbonyl (C=O) groups excluding carboxylic acids is 1. The van der Waals surface area contributed by atoms with Crippen LogP contribution in [-0.2, 0) is 14.8 Å². The Hall–Kier alpha value is -1.94. The van der Waals surface area contributed by atoms with Crippen molar-refractivity contribution in [3.63, 3.8) is 0 Å². The molecule has 130 valence electrons. The molecule has 1 heterocycles. The number of benzene rings is 2. The maximum Gasteiger partial charge on any atom is 0.238 e. The molecule has 25 heavy (non-hydrogen) atoms. The predicted molar refractivity (Wildman–Crippen MR) is 101 cm³/mol. The number of thioether (sulfide) groups is 1. The van der Waals surface area contributed by atoms with E-state index < -0.39 is 10.0 Å². The molecule has 3 N–H and O–H groups in total. The van der Waals surface area contributed by atoms with Gasteiger partial charge in [0.15, 0.2) is 4.34 Å². The predicted octanol–water partition coefficient (Wildman–Crippen LogP) is 3.06. The van der Waals surface area contributed by atoms with Crippen LogP contribution in [0.2, 0.25) is 0 Å². The Morgan fingerprint density at radius 3 is 2.52 bits per heavy atom. The number of primary sulfonamides is 1. The third-order valence-corrected chi connectivity index (χ3v) is 6.53. The van der Waals surface area contributed by atoms with Crippen molar-refractivity contribution in [1.29, 1.82) is 0 Å². The highest BCUT2D eigenvalue weighted by Gasteiger charge is 2.17. The molecule has 0 bridgehead atoms. The second-order valence-electron chi connectivity index (χ2n) is 5.27. The van der Waals surface area contributed by atoms with Crippen molar-refractivity contribution < 1.29 is 13.2 Å². The molecule has 0 spiro atoms. The van der Waals surface area contributed by atoms with Crippen LogP contribution in [-0.4, -0.2) is 24.6 Å². The number of sulfonamides is 1. The van der Waals surface area contributed by atoms with Gasteiger partial charge < -0.3 is 5.32 Å². The monoisotopic (exact) mass is 393 g/mol. The zero-order valence-corrected chi connectivity index (χ0v) is 15.6. The molecule has 0 aliphatic heterocycles. The lowest BCUT2D eigenvalue weighted by atomic mass is 10.3. The maximum absolute atomic E-state index is 12.3. The Morgan fingerprint density at radius 2 is 1.88 bits per heavy atom. The maximum atomic E-state index is 12.3. The van der Waals surface area contributed by atoms with Crippen molar-refractivity contribution in [2.45, 2.75) is 21.4 Å². The molecule has 0 radical (unpaired) electrons. The van der Waals surface area contributed by atoms with E-state index in [1.165, 1.54) is 36.0 Å². The summed E-state index contributed by atoms with van der Waals surface area (Å²) >= 11 is 2.93. The van der Waals surface area contributed by atoms with Crippen molar-refractivity contribution in [3.05, 3.63) is 48.5 Å². The highest BCUT2D eigenvalue weighted by atomic mass is 32.2. The van der Waals surface area contributed by atoms with E-state index in [2.05, 4.69) is 10.3 Å². The van der Waals surface area contributed by atoms with Crippen molar-refractivity contribution >= 4 is 54.9 Å². The van der Waals surface area contributed by atoms with E-state index in [-0.39, 0.29) is 16.1 Å². The zero-order valence-electron chi connectivity index (χ0n) is 13.2. The van der Waals surface area contributed by atoms with Crippen LogP contribution in [0, 0.1) is 0 Å². The molecule has 1 atom stereocenters. The fourth-order valence-electron chi connectivity index (χ4n) is 2.08. The highest BCUT2D eigenvalue weighted by Crippen LogP contribution is 2.32. The van der Waals surface area contributed by atoms with Gasteiger partial charge in [0.1, 0.15) is 0 Å². The van der Waals surface area contributed by atoms with Crippen molar-refractivity contribution in [2.75, 3.05) is 5.32 Å². The summed E-state index contributed by atoms with van der Waals surface area (Å²) in [5.41, 5.74) is 1.43. The summed E-state index contributed by atoms with van der Waals surface area (Å²) in [6.45, 7) is 1.80. The highest BCUT2D eigenvalue weighted by molar-refractivity contribution is 8.02. The van der Waals surface area contributed by atoms with Gasteiger partial charge >= 0.3 is 0 Å². The first-order valence-corrected chi connectivity index (χ1v) is 10.5. The molecule has 0 saturated carbocycles. The van der Waals surface area contributed by atoms with Gasteiger partial charge in [-0.05, 0) is 43.3 Å². The average molecular weight is 394 g/mol. The van der Waals surface area contributed by atoms with Gasteiger partial charge in [0.2, 0.25) is 15.9 Å². The van der Waals surface area contributed by atoms with Gasteiger partial charge in [0, 0.05) is 5.69 Å². The zero-order chi connectivity index (χ0) is 18.0. The largest absolute Gasteiger partial charge is 0.325 e. The average Bonchev–Trinajstić information content (AvgIpc) is 2.96. The number of hydrogen-bond donors (Lipinski definition) is 2. The standard InChI is InChI=1S/C16H15N3O3S3/c1-10(23-16-19-13-4-2-3-5-14(13)24-16)15(20)18-11-6-8-12(9-7-11)25(17,21)22/h2-10H,1H3,(H,18,20)(H2,17,21,22)/t10-/m1/s1. The molecule has 1 amide bonds. The number of anilines is 1. The lowest BCUT2D eigenvalue weighted by Gasteiger charge is -2.10. The minimum atomic E-state index is -3.74. The van der Waals surface area contributed by atoms with Crippen LogP contribution in [0.1, 0.15) is 6.92 Å². The summed E-state index contributed by atoms with van der Waals surface area (Å²) in [6, 6.07) is 13.5. The molecular formula is C16H15N3O3S3. The van der Waals surface area contributed by atoms with Crippen LogP contribution in [0.3, 0.4) is 0 Å². The smallest absolute Gasteiger partial charge is 0.238 e. The molecule has 3 aromatic rings. The van der Waals surface area contributed by atoms with Crippen LogP contribution in [0.4, 0.5) is 5.69 Å². The van der Waals surface area contributed by atoms with Crippen molar-refractivity contribution in [2.24, 2.45) is 5.14 Å². The summed E-state index contributed by atoms with van der Waals surface area (Å²) in [6.07, 6.45) is 0. The Bertz CT molecular complexity index is 981. The molecule has 0 fully saturated rings. The van der Waals surface area contributed by atoms with E-state index >= 15 is 0 Å². The summed E-state index contributed by atoms with van der Waals surface area (Å²) in [5.74, 6) is -0.187.